The van der Waals surface area contributed by atoms with Crippen molar-refractivity contribution in [3.8, 4) is 11.5 Å². The molecular weight excluding hydrogens is 463 g/mol. The molecule has 172 valence electrons. The highest BCUT2D eigenvalue weighted by Crippen LogP contribution is 2.31. The molecule has 0 aromatic heterocycles. The SMILES string of the molecule is CCOc1ccc(N2C(=O)C(Cl)=C(Nc3ccc(C(=O)Oc4ccc(F)cc4)cc3)C2=O)cc1. The Hall–Kier alpha value is -4.17. The van der Waals surface area contributed by atoms with Gasteiger partial charge in [-0.15, -0.1) is 0 Å². The van der Waals surface area contributed by atoms with Crippen molar-refractivity contribution in [2.24, 2.45) is 0 Å². The van der Waals surface area contributed by atoms with Crippen molar-refractivity contribution in [3.63, 3.8) is 0 Å². The van der Waals surface area contributed by atoms with Gasteiger partial charge in [0.25, 0.3) is 11.8 Å². The molecule has 1 aliphatic heterocycles. The van der Waals surface area contributed by atoms with Crippen molar-refractivity contribution in [2.75, 3.05) is 16.8 Å². The first-order valence-corrected chi connectivity index (χ1v) is 10.6. The number of hydrogen-bond acceptors (Lipinski definition) is 6. The summed E-state index contributed by atoms with van der Waals surface area (Å²) in [5.74, 6) is -1.53. The maximum absolute atomic E-state index is 13.0. The van der Waals surface area contributed by atoms with E-state index in [-0.39, 0.29) is 22.0 Å². The third-order valence-corrected chi connectivity index (χ3v) is 5.20. The number of nitrogens with one attached hydrogen (secondary N) is 1. The van der Waals surface area contributed by atoms with E-state index in [1.54, 1.807) is 24.3 Å². The Balaban J connectivity index is 1.45. The number of ether oxygens (including phenoxy) is 2. The van der Waals surface area contributed by atoms with Gasteiger partial charge < -0.3 is 14.8 Å². The molecule has 0 unspecified atom stereocenters. The molecule has 0 atom stereocenters. The van der Waals surface area contributed by atoms with Gasteiger partial charge in [-0.1, -0.05) is 11.6 Å². The van der Waals surface area contributed by atoms with E-state index < -0.39 is 23.6 Å². The minimum absolute atomic E-state index is 0.0813. The van der Waals surface area contributed by atoms with Crippen LogP contribution in [-0.4, -0.2) is 24.4 Å². The lowest BCUT2D eigenvalue weighted by Crippen LogP contribution is -2.32. The summed E-state index contributed by atoms with van der Waals surface area (Å²) < 4.78 is 23.6. The second-order valence-electron chi connectivity index (χ2n) is 7.11. The van der Waals surface area contributed by atoms with E-state index in [0.29, 0.717) is 23.7 Å². The summed E-state index contributed by atoms with van der Waals surface area (Å²) in [6.07, 6.45) is 0. The molecular formula is C25H18ClFN2O5. The molecule has 3 aromatic rings. The first kappa shape index (κ1) is 23.0. The second kappa shape index (κ2) is 9.76. The third-order valence-electron chi connectivity index (χ3n) is 4.85. The first-order valence-electron chi connectivity index (χ1n) is 10.2. The van der Waals surface area contributed by atoms with Gasteiger partial charge in [0.05, 0.1) is 17.9 Å². The molecule has 1 heterocycles. The zero-order valence-corrected chi connectivity index (χ0v) is 18.6. The van der Waals surface area contributed by atoms with Crippen LogP contribution in [0, 0.1) is 5.82 Å². The number of nitrogens with zero attached hydrogens (tertiary/aromatic N) is 1. The topological polar surface area (TPSA) is 84.9 Å². The fraction of sp³-hybridized carbons (Fsp3) is 0.0800. The van der Waals surface area contributed by atoms with Crippen LogP contribution < -0.4 is 19.7 Å². The molecule has 9 heteroatoms. The summed E-state index contributed by atoms with van der Waals surface area (Å²) in [6.45, 7) is 2.34. The monoisotopic (exact) mass is 480 g/mol. The largest absolute Gasteiger partial charge is 0.494 e. The van der Waals surface area contributed by atoms with Crippen LogP contribution in [0.2, 0.25) is 0 Å². The van der Waals surface area contributed by atoms with E-state index >= 15 is 0 Å². The smallest absolute Gasteiger partial charge is 0.343 e. The maximum Gasteiger partial charge on any atom is 0.343 e. The van der Waals surface area contributed by atoms with E-state index in [2.05, 4.69) is 5.32 Å². The highest BCUT2D eigenvalue weighted by Gasteiger charge is 2.39. The number of halogens is 2. The lowest BCUT2D eigenvalue weighted by Gasteiger charge is -2.15. The van der Waals surface area contributed by atoms with Crippen LogP contribution in [0.5, 0.6) is 11.5 Å². The molecule has 7 nitrogen and oxygen atoms in total. The normalized spacial score (nSPS) is 13.3. The Morgan fingerprint density at radius 1 is 0.912 bits per heavy atom. The zero-order valence-electron chi connectivity index (χ0n) is 17.9. The van der Waals surface area contributed by atoms with Crippen molar-refractivity contribution < 1.29 is 28.2 Å². The average molecular weight is 481 g/mol. The summed E-state index contributed by atoms with van der Waals surface area (Å²) in [5, 5.41) is 2.59. The van der Waals surface area contributed by atoms with Gasteiger partial charge in [-0.2, -0.15) is 0 Å². The van der Waals surface area contributed by atoms with Crippen molar-refractivity contribution in [3.05, 3.63) is 94.9 Å². The van der Waals surface area contributed by atoms with Crippen LogP contribution in [0.3, 0.4) is 0 Å². The van der Waals surface area contributed by atoms with Gasteiger partial charge in [0.2, 0.25) is 0 Å². The van der Waals surface area contributed by atoms with Gasteiger partial charge in [-0.05, 0) is 79.7 Å². The van der Waals surface area contributed by atoms with Crippen LogP contribution in [0.15, 0.2) is 83.5 Å². The molecule has 4 rings (SSSR count). The number of imide groups is 1. The highest BCUT2D eigenvalue weighted by atomic mass is 35.5. The fourth-order valence-corrected chi connectivity index (χ4v) is 3.42. The molecule has 0 aliphatic carbocycles. The minimum atomic E-state index is -0.655. The lowest BCUT2D eigenvalue weighted by atomic mass is 10.2. The molecule has 0 radical (unpaired) electrons. The van der Waals surface area contributed by atoms with Crippen molar-refractivity contribution >= 4 is 40.8 Å². The van der Waals surface area contributed by atoms with Gasteiger partial charge in [0, 0.05) is 5.69 Å². The van der Waals surface area contributed by atoms with E-state index in [1.165, 1.54) is 48.5 Å². The summed E-state index contributed by atoms with van der Waals surface area (Å²) in [6, 6.07) is 17.6. The second-order valence-corrected chi connectivity index (χ2v) is 7.49. The summed E-state index contributed by atoms with van der Waals surface area (Å²) in [4.78, 5) is 38.8. The lowest BCUT2D eigenvalue weighted by molar-refractivity contribution is -0.120. The molecule has 0 saturated heterocycles. The maximum atomic E-state index is 13.0. The molecule has 1 N–H and O–H groups in total. The van der Waals surface area contributed by atoms with Crippen LogP contribution in [0.4, 0.5) is 15.8 Å². The Bertz CT molecular complexity index is 1270. The molecule has 0 spiro atoms. The summed E-state index contributed by atoms with van der Waals surface area (Å²) in [5.41, 5.74) is 0.940. The van der Waals surface area contributed by atoms with E-state index in [1.807, 2.05) is 6.92 Å². The molecule has 34 heavy (non-hydrogen) atoms. The molecule has 2 amide bonds. The van der Waals surface area contributed by atoms with Gasteiger partial charge in [-0.3, -0.25) is 9.59 Å². The molecule has 0 bridgehead atoms. The third kappa shape index (κ3) is 4.77. The van der Waals surface area contributed by atoms with Gasteiger partial charge in [0.15, 0.2) is 0 Å². The minimum Gasteiger partial charge on any atom is -0.494 e. The summed E-state index contributed by atoms with van der Waals surface area (Å²) >= 11 is 6.16. The summed E-state index contributed by atoms with van der Waals surface area (Å²) in [7, 11) is 0. The standard InChI is InChI=1S/C25H18ClFN2O5/c1-2-33-19-13-9-18(10-14-19)29-23(30)21(26)22(24(29)31)28-17-7-3-15(4-8-17)25(32)34-20-11-5-16(27)6-12-20/h3-14,28H,2H2,1H3. The fourth-order valence-electron chi connectivity index (χ4n) is 3.21. The Kier molecular flexibility index (Phi) is 6.60. The predicted octanol–water partition coefficient (Wildman–Crippen LogP) is 4.88. The number of rotatable bonds is 7. The number of carbonyl (C=O) groups is 3. The Morgan fingerprint density at radius 2 is 1.53 bits per heavy atom. The van der Waals surface area contributed by atoms with Crippen molar-refractivity contribution in [1.29, 1.82) is 0 Å². The number of esters is 1. The van der Waals surface area contributed by atoms with E-state index in [4.69, 9.17) is 21.1 Å². The zero-order chi connectivity index (χ0) is 24.2. The Labute approximate surface area is 199 Å². The first-order chi connectivity index (χ1) is 16.4. The van der Waals surface area contributed by atoms with Crippen LogP contribution in [0.1, 0.15) is 17.3 Å². The number of amides is 2. The van der Waals surface area contributed by atoms with Gasteiger partial charge in [-0.25, -0.2) is 14.1 Å². The molecule has 0 saturated carbocycles. The van der Waals surface area contributed by atoms with E-state index in [9.17, 15) is 18.8 Å². The molecule has 0 fully saturated rings. The molecule has 1 aliphatic rings. The van der Waals surface area contributed by atoms with Crippen molar-refractivity contribution in [2.45, 2.75) is 6.92 Å². The average Bonchev–Trinajstić information content (AvgIpc) is 3.05. The van der Waals surface area contributed by atoms with Crippen LogP contribution in [0.25, 0.3) is 0 Å². The number of benzene rings is 3. The number of anilines is 2. The van der Waals surface area contributed by atoms with Gasteiger partial charge >= 0.3 is 5.97 Å². The van der Waals surface area contributed by atoms with Crippen LogP contribution >= 0.6 is 11.6 Å². The number of hydrogen-bond donors (Lipinski definition) is 1. The van der Waals surface area contributed by atoms with Crippen molar-refractivity contribution in [1.82, 2.24) is 0 Å². The number of carbonyl (C=O) groups excluding carboxylic acids is 3. The molecule has 3 aromatic carbocycles. The van der Waals surface area contributed by atoms with Crippen LogP contribution in [-0.2, 0) is 9.59 Å². The van der Waals surface area contributed by atoms with E-state index in [0.717, 1.165) is 4.90 Å². The highest BCUT2D eigenvalue weighted by molar-refractivity contribution is 6.53. The predicted molar refractivity (Wildman–Crippen MR) is 124 cm³/mol. The Morgan fingerprint density at radius 3 is 2.15 bits per heavy atom. The quantitative estimate of drug-likeness (QED) is 0.295. The van der Waals surface area contributed by atoms with Gasteiger partial charge in [0.1, 0.15) is 28.0 Å².